The van der Waals surface area contributed by atoms with Crippen LogP contribution in [-0.4, -0.2) is 54.5 Å². The lowest BCUT2D eigenvalue weighted by Gasteiger charge is -2.44. The molecule has 0 aliphatic carbocycles. The van der Waals surface area contributed by atoms with E-state index in [0.717, 1.165) is 10.4 Å². The molecule has 0 spiro atoms. The molecular weight excluding hydrogens is 426 g/mol. The van der Waals surface area contributed by atoms with Gasteiger partial charge in [0.15, 0.2) is 11.5 Å². The number of carbonyl (C=O) groups excluding carboxylic acids is 2. The van der Waals surface area contributed by atoms with Crippen LogP contribution >= 0.6 is 11.3 Å². The molecule has 2 aromatic rings. The molecule has 2 aliphatic rings. The molecule has 8 heteroatoms. The summed E-state index contributed by atoms with van der Waals surface area (Å²) >= 11 is 1.56. The van der Waals surface area contributed by atoms with Crippen molar-refractivity contribution >= 4 is 23.2 Å². The molecule has 3 heterocycles. The van der Waals surface area contributed by atoms with Crippen molar-refractivity contribution in [2.24, 2.45) is 5.92 Å². The third-order valence-corrected chi connectivity index (χ3v) is 6.82. The maximum Gasteiger partial charge on any atom is 0.228 e. The Labute approximate surface area is 192 Å². The van der Waals surface area contributed by atoms with Gasteiger partial charge in [-0.25, -0.2) is 0 Å². The summed E-state index contributed by atoms with van der Waals surface area (Å²) in [6, 6.07) is 11.6. The maximum absolute atomic E-state index is 13.5. The number of benzene rings is 1. The summed E-state index contributed by atoms with van der Waals surface area (Å²) in [4.78, 5) is 30.9. The van der Waals surface area contributed by atoms with Crippen LogP contribution in [0.25, 0.3) is 0 Å². The van der Waals surface area contributed by atoms with E-state index < -0.39 is 0 Å². The van der Waals surface area contributed by atoms with E-state index in [1.54, 1.807) is 16.2 Å². The van der Waals surface area contributed by atoms with Gasteiger partial charge in [-0.2, -0.15) is 5.26 Å². The highest BCUT2D eigenvalue weighted by Gasteiger charge is 2.41. The number of hydrogen-bond donors (Lipinski definition) is 0. The average molecular weight is 454 g/mol. The summed E-state index contributed by atoms with van der Waals surface area (Å²) in [5.74, 6) is 1.25. The van der Waals surface area contributed by atoms with Crippen LogP contribution in [0.15, 0.2) is 35.7 Å². The van der Waals surface area contributed by atoms with E-state index in [2.05, 4.69) is 6.07 Å². The first-order valence-electron chi connectivity index (χ1n) is 11.0. The number of nitrogens with zero attached hydrogens (tertiary/aromatic N) is 3. The molecule has 2 aliphatic heterocycles. The van der Waals surface area contributed by atoms with Crippen LogP contribution in [-0.2, 0) is 16.0 Å². The third kappa shape index (κ3) is 4.58. The standard InChI is InChI=1S/C24H27N3O4S/c1-2-30-20-8-3-7-19-23-17(16-31-24(19)20)15-26(11-5-10-25)21(28)9-12-27(23)22(29)14-18-6-4-13-32-18/h3-4,6-8,13,17,23H,2,5,9,11-12,14-16H2,1H3/t17-,23-/m0/s1. The lowest BCUT2D eigenvalue weighted by atomic mass is 9.87. The molecule has 4 rings (SSSR count). The summed E-state index contributed by atoms with van der Waals surface area (Å²) in [5, 5.41) is 11.0. The predicted molar refractivity (Wildman–Crippen MR) is 121 cm³/mol. The normalized spacial score (nSPS) is 20.3. The van der Waals surface area contributed by atoms with Crippen LogP contribution in [0.5, 0.6) is 11.5 Å². The van der Waals surface area contributed by atoms with Crippen LogP contribution in [0.4, 0.5) is 0 Å². The number of rotatable bonds is 6. The van der Waals surface area contributed by atoms with Gasteiger partial charge in [0.2, 0.25) is 11.8 Å². The van der Waals surface area contributed by atoms with Crippen LogP contribution in [0.3, 0.4) is 0 Å². The predicted octanol–water partition coefficient (Wildman–Crippen LogP) is 3.41. The Morgan fingerprint density at radius 2 is 2.22 bits per heavy atom. The van der Waals surface area contributed by atoms with Gasteiger partial charge in [-0.15, -0.1) is 11.3 Å². The van der Waals surface area contributed by atoms with E-state index in [1.165, 1.54) is 0 Å². The zero-order valence-corrected chi connectivity index (χ0v) is 19.0. The Morgan fingerprint density at radius 1 is 1.34 bits per heavy atom. The largest absolute Gasteiger partial charge is 0.490 e. The minimum Gasteiger partial charge on any atom is -0.490 e. The van der Waals surface area contributed by atoms with Crippen LogP contribution in [0, 0.1) is 17.2 Å². The fourth-order valence-electron chi connectivity index (χ4n) is 4.54. The van der Waals surface area contributed by atoms with Crippen molar-refractivity contribution in [1.82, 2.24) is 9.80 Å². The maximum atomic E-state index is 13.5. The van der Waals surface area contributed by atoms with Gasteiger partial charge in [0, 0.05) is 42.4 Å². The van der Waals surface area contributed by atoms with E-state index in [-0.39, 0.29) is 36.6 Å². The smallest absolute Gasteiger partial charge is 0.228 e. The van der Waals surface area contributed by atoms with Crippen molar-refractivity contribution in [2.75, 3.05) is 32.8 Å². The fraction of sp³-hybridized carbons (Fsp3) is 0.458. The molecular formula is C24H27N3O4S. The Hall–Kier alpha value is -3.05. The van der Waals surface area contributed by atoms with Gasteiger partial charge >= 0.3 is 0 Å². The number of carbonyl (C=O) groups is 2. The Bertz CT molecular complexity index is 1000. The SMILES string of the molecule is CCOc1cccc2c1OC[C@@H]1CN(CCC#N)C(=O)CCN(C(=O)Cc3cccs3)[C@H]21. The lowest BCUT2D eigenvalue weighted by Crippen LogP contribution is -2.51. The zero-order valence-electron chi connectivity index (χ0n) is 18.2. The highest BCUT2D eigenvalue weighted by Crippen LogP contribution is 2.45. The number of thiophene rings is 1. The number of ether oxygens (including phenoxy) is 2. The Morgan fingerprint density at radius 3 is 2.97 bits per heavy atom. The van der Waals surface area contributed by atoms with Gasteiger partial charge < -0.3 is 19.3 Å². The first-order chi connectivity index (χ1) is 15.6. The monoisotopic (exact) mass is 453 g/mol. The lowest BCUT2D eigenvalue weighted by molar-refractivity contribution is -0.141. The van der Waals surface area contributed by atoms with E-state index in [0.29, 0.717) is 50.8 Å². The van der Waals surface area contributed by atoms with Gasteiger partial charge in [0.05, 0.1) is 38.2 Å². The molecule has 0 unspecified atom stereocenters. The number of nitriles is 1. The Kier molecular flexibility index (Phi) is 6.96. The summed E-state index contributed by atoms with van der Waals surface area (Å²) in [5.41, 5.74) is 0.918. The van der Waals surface area contributed by atoms with Crippen LogP contribution in [0.2, 0.25) is 0 Å². The van der Waals surface area contributed by atoms with Crippen molar-refractivity contribution in [3.05, 3.63) is 46.2 Å². The molecule has 0 N–H and O–H groups in total. The minimum absolute atomic E-state index is 0.00962. The fourth-order valence-corrected chi connectivity index (χ4v) is 5.24. The van der Waals surface area contributed by atoms with Crippen molar-refractivity contribution < 1.29 is 19.1 Å². The number of hydrogen-bond acceptors (Lipinski definition) is 6. The number of amides is 2. The summed E-state index contributed by atoms with van der Waals surface area (Å²) in [6.07, 6.45) is 0.844. The second kappa shape index (κ2) is 10.0. The van der Waals surface area contributed by atoms with Gasteiger partial charge in [0.25, 0.3) is 0 Å². The molecule has 0 saturated carbocycles. The third-order valence-electron chi connectivity index (χ3n) is 5.95. The Balaban J connectivity index is 1.71. The van der Waals surface area contributed by atoms with E-state index in [4.69, 9.17) is 14.7 Å². The van der Waals surface area contributed by atoms with Gasteiger partial charge in [-0.1, -0.05) is 18.2 Å². The summed E-state index contributed by atoms with van der Waals surface area (Å²) in [7, 11) is 0. The second-order valence-electron chi connectivity index (χ2n) is 7.96. The minimum atomic E-state index is -0.218. The van der Waals surface area contributed by atoms with Crippen LogP contribution < -0.4 is 9.47 Å². The summed E-state index contributed by atoms with van der Waals surface area (Å²) < 4.78 is 11.9. The first-order valence-corrected chi connectivity index (χ1v) is 11.9. The molecule has 1 aromatic heterocycles. The van der Waals surface area contributed by atoms with Crippen LogP contribution in [0.1, 0.15) is 36.2 Å². The van der Waals surface area contributed by atoms with Gasteiger partial charge in [-0.05, 0) is 24.4 Å². The molecule has 1 saturated heterocycles. The molecule has 2 amide bonds. The summed E-state index contributed by atoms with van der Waals surface area (Å²) in [6.45, 7) is 4.01. The van der Waals surface area contributed by atoms with E-state index in [9.17, 15) is 9.59 Å². The molecule has 168 valence electrons. The van der Waals surface area contributed by atoms with Crippen molar-refractivity contribution in [3.8, 4) is 17.6 Å². The first kappa shape index (κ1) is 22.2. The van der Waals surface area contributed by atoms with Gasteiger partial charge in [0.1, 0.15) is 0 Å². The highest BCUT2D eigenvalue weighted by atomic mass is 32.1. The van der Waals surface area contributed by atoms with Crippen molar-refractivity contribution in [2.45, 2.75) is 32.2 Å². The van der Waals surface area contributed by atoms with E-state index >= 15 is 0 Å². The molecule has 0 bridgehead atoms. The molecule has 7 nitrogen and oxygen atoms in total. The molecule has 2 atom stereocenters. The number of fused-ring (bicyclic) bond motifs is 3. The zero-order chi connectivity index (χ0) is 22.5. The molecule has 0 radical (unpaired) electrons. The van der Waals surface area contributed by atoms with Crippen molar-refractivity contribution in [3.63, 3.8) is 0 Å². The van der Waals surface area contributed by atoms with E-state index in [1.807, 2.05) is 47.5 Å². The number of para-hydroxylation sites is 1. The van der Waals surface area contributed by atoms with Gasteiger partial charge in [-0.3, -0.25) is 9.59 Å². The van der Waals surface area contributed by atoms with Crippen molar-refractivity contribution in [1.29, 1.82) is 5.26 Å². The average Bonchev–Trinajstić information content (AvgIpc) is 3.29. The highest BCUT2D eigenvalue weighted by molar-refractivity contribution is 7.10. The molecule has 32 heavy (non-hydrogen) atoms. The second-order valence-corrected chi connectivity index (χ2v) is 9.00. The quantitative estimate of drug-likeness (QED) is 0.669. The molecule has 1 aromatic carbocycles. The molecule has 1 fully saturated rings. The topological polar surface area (TPSA) is 82.9 Å².